The molecule has 0 unspecified atom stereocenters. The summed E-state index contributed by atoms with van der Waals surface area (Å²) in [6.07, 6.45) is 0. The van der Waals surface area contributed by atoms with Crippen molar-refractivity contribution >= 4 is 34.8 Å². The zero-order chi connectivity index (χ0) is 24.9. The van der Waals surface area contributed by atoms with Crippen molar-refractivity contribution in [1.82, 2.24) is 4.90 Å². The molecule has 0 aliphatic carbocycles. The van der Waals surface area contributed by atoms with E-state index in [0.717, 1.165) is 11.1 Å². The van der Waals surface area contributed by atoms with Crippen LogP contribution in [0, 0.1) is 11.3 Å². The molecule has 1 heterocycles. The van der Waals surface area contributed by atoms with Crippen molar-refractivity contribution < 1.29 is 14.6 Å². The van der Waals surface area contributed by atoms with E-state index in [9.17, 15) is 4.79 Å². The Morgan fingerprint density at radius 3 is 2.46 bits per heavy atom. The van der Waals surface area contributed by atoms with E-state index in [4.69, 9.17) is 38.3 Å². The number of nitriles is 1. The van der Waals surface area contributed by atoms with Crippen LogP contribution < -0.4 is 9.64 Å². The first kappa shape index (κ1) is 25.0. The van der Waals surface area contributed by atoms with E-state index < -0.39 is 0 Å². The number of carbonyl (C=O) groups excluding carboxylic acids is 1. The number of aliphatic hydroxyl groups excluding tert-OH is 1. The molecular formula is C27H25Cl2N3O3. The molecule has 0 radical (unpaired) electrons. The maximum Gasteiger partial charge on any atom is 0.241 e. The number of hydrogen-bond acceptors (Lipinski definition) is 5. The van der Waals surface area contributed by atoms with E-state index in [2.05, 4.69) is 17.9 Å². The van der Waals surface area contributed by atoms with Crippen molar-refractivity contribution in [3.63, 3.8) is 0 Å². The number of benzene rings is 3. The zero-order valence-corrected chi connectivity index (χ0v) is 20.7. The smallest absolute Gasteiger partial charge is 0.241 e. The minimum atomic E-state index is -0.295. The topological polar surface area (TPSA) is 76.8 Å². The number of halogens is 2. The predicted molar refractivity (Wildman–Crippen MR) is 137 cm³/mol. The highest BCUT2D eigenvalue weighted by atomic mass is 35.5. The Bertz CT molecular complexity index is 1230. The molecule has 1 saturated heterocycles. The molecule has 3 aromatic rings. The molecule has 1 N–H and O–H groups in total. The second-order valence-electron chi connectivity index (χ2n) is 8.36. The minimum absolute atomic E-state index is 0.0339. The Balaban J connectivity index is 1.67. The lowest BCUT2D eigenvalue weighted by atomic mass is 9.97. The molecule has 0 aromatic heterocycles. The molecule has 1 amide bonds. The standard InChI is InChI=1S/C27H25Cl2N3O3/c1-18(20-4-2-19(15-30)3-5-20)31-16-26(21-6-8-22(28)9-7-21)32(27(34)17-31)25-11-10-23(14-24(25)29)35-13-12-33/h2-11,14,18,26,33H,12-13,16-17H2,1H3/t18-,26+/m1/s1. The summed E-state index contributed by atoms with van der Waals surface area (Å²) in [5.41, 5.74) is 3.17. The van der Waals surface area contributed by atoms with Gasteiger partial charge in [-0.25, -0.2) is 0 Å². The molecule has 1 aliphatic rings. The molecule has 0 bridgehead atoms. The molecular weight excluding hydrogens is 485 g/mol. The van der Waals surface area contributed by atoms with Gasteiger partial charge >= 0.3 is 0 Å². The van der Waals surface area contributed by atoms with Gasteiger partial charge in [-0.2, -0.15) is 5.26 Å². The second-order valence-corrected chi connectivity index (χ2v) is 9.20. The summed E-state index contributed by atoms with van der Waals surface area (Å²) in [7, 11) is 0. The molecule has 180 valence electrons. The first-order valence-electron chi connectivity index (χ1n) is 11.3. The first-order chi connectivity index (χ1) is 16.9. The number of ether oxygens (including phenoxy) is 1. The summed E-state index contributed by atoms with van der Waals surface area (Å²) in [6, 6.07) is 21.9. The summed E-state index contributed by atoms with van der Waals surface area (Å²) >= 11 is 12.7. The van der Waals surface area contributed by atoms with E-state index in [0.29, 0.717) is 33.6 Å². The van der Waals surface area contributed by atoms with Gasteiger partial charge in [-0.05, 0) is 54.4 Å². The third-order valence-electron chi connectivity index (χ3n) is 6.19. The average Bonchev–Trinajstić information content (AvgIpc) is 2.87. The van der Waals surface area contributed by atoms with Crippen LogP contribution >= 0.6 is 23.2 Å². The highest BCUT2D eigenvalue weighted by Gasteiger charge is 2.37. The van der Waals surface area contributed by atoms with Crippen molar-refractivity contribution in [2.75, 3.05) is 31.2 Å². The van der Waals surface area contributed by atoms with Gasteiger partial charge in [0.15, 0.2) is 0 Å². The van der Waals surface area contributed by atoms with E-state index >= 15 is 0 Å². The lowest BCUT2D eigenvalue weighted by Gasteiger charge is -2.44. The molecule has 8 heteroatoms. The van der Waals surface area contributed by atoms with Crippen LogP contribution in [0.5, 0.6) is 5.75 Å². The van der Waals surface area contributed by atoms with Crippen LogP contribution in [-0.4, -0.2) is 42.2 Å². The van der Waals surface area contributed by atoms with Gasteiger partial charge < -0.3 is 14.7 Å². The average molecular weight is 510 g/mol. The minimum Gasteiger partial charge on any atom is -0.491 e. The van der Waals surface area contributed by atoms with Crippen LogP contribution in [0.4, 0.5) is 5.69 Å². The Morgan fingerprint density at radius 2 is 1.83 bits per heavy atom. The van der Waals surface area contributed by atoms with Crippen LogP contribution in [0.25, 0.3) is 0 Å². The van der Waals surface area contributed by atoms with Gasteiger partial charge in [-0.15, -0.1) is 0 Å². The number of piperazine rings is 1. The molecule has 2 atom stereocenters. The second kappa shape index (κ2) is 11.1. The maximum atomic E-state index is 13.6. The number of nitrogens with zero attached hydrogens (tertiary/aromatic N) is 3. The number of aliphatic hydroxyl groups is 1. The number of amides is 1. The lowest BCUT2D eigenvalue weighted by Crippen LogP contribution is -2.53. The van der Waals surface area contributed by atoms with Gasteiger partial charge in [0.25, 0.3) is 0 Å². The monoisotopic (exact) mass is 509 g/mol. The highest BCUT2D eigenvalue weighted by Crippen LogP contribution is 2.39. The predicted octanol–water partition coefficient (Wildman–Crippen LogP) is 5.39. The molecule has 1 fully saturated rings. The lowest BCUT2D eigenvalue weighted by molar-refractivity contribution is -0.123. The quantitative estimate of drug-likeness (QED) is 0.462. The van der Waals surface area contributed by atoms with E-state index in [1.165, 1.54) is 0 Å². The van der Waals surface area contributed by atoms with Gasteiger partial charge in [-0.3, -0.25) is 9.69 Å². The summed E-state index contributed by atoms with van der Waals surface area (Å²) in [5.74, 6) is 0.444. The molecule has 3 aromatic carbocycles. The van der Waals surface area contributed by atoms with Crippen LogP contribution in [0.2, 0.25) is 10.0 Å². The first-order valence-corrected chi connectivity index (χ1v) is 12.0. The molecule has 4 rings (SSSR count). The fourth-order valence-corrected chi connectivity index (χ4v) is 4.70. The largest absolute Gasteiger partial charge is 0.491 e. The van der Waals surface area contributed by atoms with Crippen molar-refractivity contribution in [2.24, 2.45) is 0 Å². The molecule has 6 nitrogen and oxygen atoms in total. The number of rotatable bonds is 7. The molecule has 1 aliphatic heterocycles. The van der Waals surface area contributed by atoms with Crippen molar-refractivity contribution in [2.45, 2.75) is 19.0 Å². The summed E-state index contributed by atoms with van der Waals surface area (Å²) in [6.45, 7) is 2.91. The van der Waals surface area contributed by atoms with Crippen LogP contribution in [0.1, 0.15) is 35.7 Å². The van der Waals surface area contributed by atoms with Crippen molar-refractivity contribution in [3.05, 3.63) is 93.5 Å². The van der Waals surface area contributed by atoms with Gasteiger partial charge in [0, 0.05) is 23.7 Å². The van der Waals surface area contributed by atoms with E-state index in [1.54, 1.807) is 35.2 Å². The van der Waals surface area contributed by atoms with Gasteiger partial charge in [-0.1, -0.05) is 47.5 Å². The normalized spacial score (nSPS) is 17.2. The number of hydrogen-bond donors (Lipinski definition) is 1. The Kier molecular flexibility index (Phi) is 7.94. The molecule has 35 heavy (non-hydrogen) atoms. The van der Waals surface area contributed by atoms with Gasteiger partial charge in [0.2, 0.25) is 5.91 Å². The Labute approximate surface area is 214 Å². The number of anilines is 1. The van der Waals surface area contributed by atoms with Crippen molar-refractivity contribution in [3.8, 4) is 11.8 Å². The van der Waals surface area contributed by atoms with Crippen LogP contribution in [-0.2, 0) is 4.79 Å². The SMILES string of the molecule is C[C@H](c1ccc(C#N)cc1)N1CC(=O)N(c2ccc(OCCO)cc2Cl)[C@H](c2ccc(Cl)cc2)C1. The van der Waals surface area contributed by atoms with Crippen LogP contribution in [0.15, 0.2) is 66.7 Å². The van der Waals surface area contributed by atoms with Gasteiger partial charge in [0.1, 0.15) is 12.4 Å². The van der Waals surface area contributed by atoms with E-state index in [-0.39, 0.29) is 37.7 Å². The van der Waals surface area contributed by atoms with Crippen molar-refractivity contribution in [1.29, 1.82) is 5.26 Å². The fraction of sp³-hybridized carbons (Fsp3) is 0.259. The van der Waals surface area contributed by atoms with E-state index in [1.807, 2.05) is 36.4 Å². The highest BCUT2D eigenvalue weighted by molar-refractivity contribution is 6.34. The third-order valence-corrected chi connectivity index (χ3v) is 6.74. The number of carbonyl (C=O) groups is 1. The zero-order valence-electron chi connectivity index (χ0n) is 19.2. The molecule has 0 saturated carbocycles. The Hall–Kier alpha value is -3.08. The van der Waals surface area contributed by atoms with Crippen LogP contribution in [0.3, 0.4) is 0 Å². The summed E-state index contributed by atoms with van der Waals surface area (Å²) < 4.78 is 5.46. The maximum absolute atomic E-state index is 13.6. The molecule has 0 spiro atoms. The van der Waals surface area contributed by atoms with Gasteiger partial charge in [0.05, 0.1) is 41.5 Å². The summed E-state index contributed by atoms with van der Waals surface area (Å²) in [5, 5.41) is 19.1. The third kappa shape index (κ3) is 5.61. The summed E-state index contributed by atoms with van der Waals surface area (Å²) in [4.78, 5) is 17.5. The fourth-order valence-electron chi connectivity index (χ4n) is 4.31. The Morgan fingerprint density at radius 1 is 1.11 bits per heavy atom.